The molecule has 1 N–H and O–H groups in total. The maximum absolute atomic E-state index is 12.3. The smallest absolute Gasteiger partial charge is 0.264 e. The third kappa shape index (κ3) is 3.43. The molecular weight excluding hydrogens is 314 g/mol. The van der Waals surface area contributed by atoms with Gasteiger partial charge in [0.2, 0.25) is 0 Å². The predicted octanol–water partition coefficient (Wildman–Crippen LogP) is 2.40. The highest BCUT2D eigenvalue weighted by atomic mass is 32.2. The van der Waals surface area contributed by atoms with Crippen LogP contribution < -0.4 is 4.72 Å². The van der Waals surface area contributed by atoms with E-state index in [-0.39, 0.29) is 9.90 Å². The minimum Gasteiger partial charge on any atom is -0.264 e. The van der Waals surface area contributed by atoms with Crippen molar-refractivity contribution in [3.05, 3.63) is 51.1 Å². The number of aryl methyl sites for hydroxylation is 1. The molecule has 0 unspecified atom stereocenters. The Hall–Kier alpha value is -1.84. The van der Waals surface area contributed by atoms with E-state index in [0.717, 1.165) is 17.4 Å². The van der Waals surface area contributed by atoms with Crippen molar-refractivity contribution >= 4 is 27.0 Å². The van der Waals surface area contributed by atoms with Crippen molar-refractivity contribution < 1.29 is 13.3 Å². The van der Waals surface area contributed by atoms with Crippen LogP contribution in [-0.2, 0) is 10.0 Å². The molecular formula is C12H13N3O4S2. The SMILES string of the molecule is Cc1sc(S(=O)(=O)N[C@H](C)c2cccnc2)cc1[N+](=O)[O-]. The summed E-state index contributed by atoms with van der Waals surface area (Å²) in [6.45, 7) is 3.20. The molecule has 9 heteroatoms. The lowest BCUT2D eigenvalue weighted by Crippen LogP contribution is -2.26. The standard InChI is InChI=1S/C12H13N3O4S2/c1-8(10-4-3-5-13-7-10)14-21(18,19)12-6-11(15(16)17)9(2)20-12/h3-8,14H,1-2H3/t8-/m1/s1. The van der Waals surface area contributed by atoms with Crippen molar-refractivity contribution in [2.75, 3.05) is 0 Å². The number of nitrogens with one attached hydrogen (secondary N) is 1. The van der Waals surface area contributed by atoms with Gasteiger partial charge in [0.1, 0.15) is 4.21 Å². The summed E-state index contributed by atoms with van der Waals surface area (Å²) in [7, 11) is -3.81. The van der Waals surface area contributed by atoms with E-state index in [1.54, 1.807) is 31.5 Å². The fraction of sp³-hybridized carbons (Fsp3) is 0.250. The Labute approximate surface area is 125 Å². The van der Waals surface area contributed by atoms with E-state index >= 15 is 0 Å². The summed E-state index contributed by atoms with van der Waals surface area (Å²) < 4.78 is 26.9. The molecule has 2 aromatic heterocycles. The van der Waals surface area contributed by atoms with Gasteiger partial charge in [0.25, 0.3) is 15.7 Å². The van der Waals surface area contributed by atoms with Crippen LogP contribution in [0, 0.1) is 17.0 Å². The number of sulfonamides is 1. The molecule has 2 aromatic rings. The van der Waals surface area contributed by atoms with E-state index in [1.807, 2.05) is 0 Å². The Balaban J connectivity index is 2.27. The van der Waals surface area contributed by atoms with Crippen molar-refractivity contribution in [2.24, 2.45) is 0 Å². The van der Waals surface area contributed by atoms with E-state index in [9.17, 15) is 18.5 Å². The van der Waals surface area contributed by atoms with Crippen LogP contribution in [0.5, 0.6) is 0 Å². The van der Waals surface area contributed by atoms with Gasteiger partial charge in [-0.3, -0.25) is 15.1 Å². The number of aromatic nitrogens is 1. The highest BCUT2D eigenvalue weighted by molar-refractivity contribution is 7.91. The van der Waals surface area contributed by atoms with Crippen LogP contribution in [0.15, 0.2) is 34.8 Å². The van der Waals surface area contributed by atoms with Crippen LogP contribution in [-0.4, -0.2) is 18.3 Å². The molecule has 0 saturated carbocycles. The first-order valence-corrected chi connectivity index (χ1v) is 8.28. The van der Waals surface area contributed by atoms with Crippen LogP contribution in [0.2, 0.25) is 0 Å². The zero-order valence-corrected chi connectivity index (χ0v) is 12.9. The average molecular weight is 327 g/mol. The highest BCUT2D eigenvalue weighted by Crippen LogP contribution is 2.31. The Kier molecular flexibility index (Phi) is 4.35. The van der Waals surface area contributed by atoms with Crippen molar-refractivity contribution in [3.8, 4) is 0 Å². The lowest BCUT2D eigenvalue weighted by Gasteiger charge is -2.12. The second-order valence-corrected chi connectivity index (χ2v) is 7.59. The van der Waals surface area contributed by atoms with E-state index in [2.05, 4.69) is 9.71 Å². The van der Waals surface area contributed by atoms with Gasteiger partial charge >= 0.3 is 0 Å². The van der Waals surface area contributed by atoms with Crippen molar-refractivity contribution in [1.29, 1.82) is 0 Å². The van der Waals surface area contributed by atoms with Gasteiger partial charge in [0.05, 0.1) is 9.80 Å². The lowest BCUT2D eigenvalue weighted by molar-refractivity contribution is -0.385. The molecule has 2 rings (SSSR count). The Bertz CT molecular complexity index is 756. The van der Waals surface area contributed by atoms with Gasteiger partial charge in [-0.05, 0) is 25.5 Å². The quantitative estimate of drug-likeness (QED) is 0.671. The number of nitrogens with zero attached hydrogens (tertiary/aromatic N) is 2. The first kappa shape index (κ1) is 15.5. The van der Waals surface area contributed by atoms with Crippen LogP contribution >= 0.6 is 11.3 Å². The van der Waals surface area contributed by atoms with Crippen LogP contribution in [0.25, 0.3) is 0 Å². The van der Waals surface area contributed by atoms with Gasteiger partial charge in [-0.15, -0.1) is 11.3 Å². The number of thiophene rings is 1. The summed E-state index contributed by atoms with van der Waals surface area (Å²) in [5, 5.41) is 10.8. The lowest BCUT2D eigenvalue weighted by atomic mass is 10.2. The van der Waals surface area contributed by atoms with E-state index in [4.69, 9.17) is 0 Å². The molecule has 0 aliphatic heterocycles. The maximum Gasteiger partial charge on any atom is 0.284 e. The molecule has 0 aromatic carbocycles. The van der Waals surface area contributed by atoms with Gasteiger partial charge in [-0.1, -0.05) is 6.07 Å². The zero-order chi connectivity index (χ0) is 15.6. The minimum absolute atomic E-state index is 0.0672. The molecule has 0 amide bonds. The first-order chi connectivity index (χ1) is 9.81. The number of hydrogen-bond acceptors (Lipinski definition) is 6. The minimum atomic E-state index is -3.81. The third-order valence-corrected chi connectivity index (χ3v) is 5.90. The van der Waals surface area contributed by atoms with E-state index in [0.29, 0.717) is 10.4 Å². The molecule has 112 valence electrons. The fourth-order valence-electron chi connectivity index (χ4n) is 1.75. The summed E-state index contributed by atoms with van der Waals surface area (Å²) in [6.07, 6.45) is 3.16. The molecule has 0 fully saturated rings. The summed E-state index contributed by atoms with van der Waals surface area (Å²) in [6, 6.07) is 4.06. The Morgan fingerprint density at radius 1 is 1.48 bits per heavy atom. The molecule has 0 bridgehead atoms. The first-order valence-electron chi connectivity index (χ1n) is 5.98. The third-order valence-electron chi connectivity index (χ3n) is 2.85. The topological polar surface area (TPSA) is 102 Å². The van der Waals surface area contributed by atoms with E-state index < -0.39 is 21.0 Å². The number of rotatable bonds is 5. The summed E-state index contributed by atoms with van der Waals surface area (Å²) in [4.78, 5) is 14.5. The highest BCUT2D eigenvalue weighted by Gasteiger charge is 2.25. The van der Waals surface area contributed by atoms with Gasteiger partial charge in [-0.2, -0.15) is 0 Å². The molecule has 0 aliphatic rings. The molecule has 0 saturated heterocycles. The normalized spacial score (nSPS) is 13.0. The zero-order valence-electron chi connectivity index (χ0n) is 11.3. The Morgan fingerprint density at radius 2 is 2.19 bits per heavy atom. The van der Waals surface area contributed by atoms with Gasteiger partial charge in [-0.25, -0.2) is 13.1 Å². The molecule has 7 nitrogen and oxygen atoms in total. The van der Waals surface area contributed by atoms with Gasteiger partial charge < -0.3 is 0 Å². The monoisotopic (exact) mass is 327 g/mol. The van der Waals surface area contributed by atoms with Crippen molar-refractivity contribution in [3.63, 3.8) is 0 Å². The largest absolute Gasteiger partial charge is 0.284 e. The molecule has 1 atom stereocenters. The summed E-state index contributed by atoms with van der Waals surface area (Å²) in [5.41, 5.74) is 0.526. The number of pyridine rings is 1. The van der Waals surface area contributed by atoms with Crippen LogP contribution in [0.3, 0.4) is 0 Å². The van der Waals surface area contributed by atoms with E-state index in [1.165, 1.54) is 6.92 Å². The van der Waals surface area contributed by atoms with Crippen LogP contribution in [0.1, 0.15) is 23.4 Å². The van der Waals surface area contributed by atoms with Crippen LogP contribution in [0.4, 0.5) is 5.69 Å². The predicted molar refractivity (Wildman–Crippen MR) is 78.7 cm³/mol. The van der Waals surface area contributed by atoms with Gasteiger partial charge in [0, 0.05) is 24.5 Å². The molecule has 2 heterocycles. The van der Waals surface area contributed by atoms with Crippen molar-refractivity contribution in [1.82, 2.24) is 9.71 Å². The second-order valence-electron chi connectivity index (χ2n) is 4.39. The molecule has 21 heavy (non-hydrogen) atoms. The molecule has 0 spiro atoms. The molecule has 0 radical (unpaired) electrons. The second kappa shape index (κ2) is 5.88. The summed E-state index contributed by atoms with van der Waals surface area (Å²) in [5.74, 6) is 0. The van der Waals surface area contributed by atoms with Crippen molar-refractivity contribution in [2.45, 2.75) is 24.1 Å². The van der Waals surface area contributed by atoms with Gasteiger partial charge in [0.15, 0.2) is 0 Å². The summed E-state index contributed by atoms with van der Waals surface area (Å²) >= 11 is 0.879. The number of nitro groups is 1. The molecule has 0 aliphatic carbocycles. The average Bonchev–Trinajstić information content (AvgIpc) is 2.82. The maximum atomic E-state index is 12.3. The fourth-order valence-corrected chi connectivity index (χ4v) is 4.40. The Morgan fingerprint density at radius 3 is 2.71 bits per heavy atom. The number of hydrogen-bond donors (Lipinski definition) is 1.